The summed E-state index contributed by atoms with van der Waals surface area (Å²) in [5.74, 6) is 0. The smallest absolute Gasteiger partial charge is 0.290 e. The van der Waals surface area contributed by atoms with Crippen LogP contribution in [0.25, 0.3) is 0 Å². The third-order valence-corrected chi connectivity index (χ3v) is 6.52. The van der Waals surface area contributed by atoms with Crippen LogP contribution in [0.15, 0.2) is 29.2 Å². The molecule has 2 fully saturated rings. The molecule has 0 radical (unpaired) electrons. The van der Waals surface area contributed by atoms with Gasteiger partial charge >= 0.3 is 0 Å². The lowest BCUT2D eigenvalue weighted by molar-refractivity contribution is -0.136. The van der Waals surface area contributed by atoms with Crippen molar-refractivity contribution in [1.29, 1.82) is 0 Å². The van der Waals surface area contributed by atoms with Crippen LogP contribution < -0.4 is 0 Å². The van der Waals surface area contributed by atoms with Gasteiger partial charge in [-0.1, -0.05) is 19.1 Å². The van der Waals surface area contributed by atoms with Crippen molar-refractivity contribution in [1.82, 2.24) is 9.80 Å². The second kappa shape index (κ2) is 13.4. The molecular formula is C21H34N2O7S. The average molecular weight is 459 g/mol. The highest BCUT2D eigenvalue weighted by atomic mass is 32.2. The Balaban J connectivity index is 0.000000720. The molecule has 9 nitrogen and oxygen atoms in total. The van der Waals surface area contributed by atoms with Gasteiger partial charge in [-0.3, -0.25) is 19.4 Å². The molecule has 3 rings (SSSR count). The lowest BCUT2D eigenvalue weighted by Gasteiger charge is -2.47. The number of rotatable bonds is 5. The van der Waals surface area contributed by atoms with Crippen LogP contribution in [0.3, 0.4) is 0 Å². The summed E-state index contributed by atoms with van der Waals surface area (Å²) in [5, 5.41) is 13.8. The molecule has 0 amide bonds. The number of hydrogen-bond acceptors (Lipinski definition) is 7. The fraction of sp³-hybridized carbons (Fsp3) is 0.619. The van der Waals surface area contributed by atoms with Crippen LogP contribution >= 0.6 is 0 Å². The lowest BCUT2D eigenvalue weighted by Crippen LogP contribution is -2.56. The highest BCUT2D eigenvalue weighted by molar-refractivity contribution is 7.90. The molecule has 31 heavy (non-hydrogen) atoms. The van der Waals surface area contributed by atoms with E-state index in [1.165, 1.54) is 24.8 Å². The van der Waals surface area contributed by atoms with E-state index in [-0.39, 0.29) is 18.5 Å². The summed E-state index contributed by atoms with van der Waals surface area (Å²) < 4.78 is 29.3. The number of piperidine rings is 1. The van der Waals surface area contributed by atoms with E-state index in [1.807, 2.05) is 12.1 Å². The van der Waals surface area contributed by atoms with E-state index in [1.54, 1.807) is 12.1 Å². The first-order valence-electron chi connectivity index (χ1n) is 10.3. The average Bonchev–Trinajstić information content (AvgIpc) is 2.71. The molecule has 0 aliphatic carbocycles. The number of ether oxygens (including phenoxy) is 1. The molecule has 1 spiro atoms. The van der Waals surface area contributed by atoms with Gasteiger partial charge in [0.2, 0.25) is 0 Å². The highest BCUT2D eigenvalue weighted by Gasteiger charge is 2.39. The number of nitrogens with zero attached hydrogens (tertiary/aromatic N) is 2. The van der Waals surface area contributed by atoms with E-state index in [9.17, 15) is 8.42 Å². The molecule has 0 atom stereocenters. The van der Waals surface area contributed by atoms with Gasteiger partial charge in [0.25, 0.3) is 12.9 Å². The maximum atomic E-state index is 11.6. The van der Waals surface area contributed by atoms with E-state index >= 15 is 0 Å². The molecule has 2 N–H and O–H groups in total. The zero-order chi connectivity index (χ0) is 23.3. The first kappa shape index (κ1) is 27.0. The molecule has 176 valence electrons. The fourth-order valence-corrected chi connectivity index (χ4v) is 4.58. The van der Waals surface area contributed by atoms with Crippen molar-refractivity contribution in [2.75, 3.05) is 45.6 Å². The predicted octanol–water partition coefficient (Wildman–Crippen LogP) is 1.57. The molecule has 2 aliphatic heterocycles. The fourth-order valence-electron chi connectivity index (χ4n) is 3.95. The molecule has 0 saturated carbocycles. The van der Waals surface area contributed by atoms with Crippen LogP contribution in [0.5, 0.6) is 0 Å². The Morgan fingerprint density at radius 2 is 1.58 bits per heavy atom. The summed E-state index contributed by atoms with van der Waals surface area (Å²) in [6.45, 7) is 8.83. The Hall–Kier alpha value is -2.01. The van der Waals surface area contributed by atoms with Crippen molar-refractivity contribution in [3.05, 3.63) is 29.8 Å². The number of benzene rings is 1. The summed E-state index contributed by atoms with van der Waals surface area (Å²) in [4.78, 5) is 22.1. The van der Waals surface area contributed by atoms with E-state index in [0.717, 1.165) is 52.2 Å². The largest absolute Gasteiger partial charge is 0.483 e. The minimum atomic E-state index is -3.12. The topological polar surface area (TPSA) is 124 Å². The number of carbonyl (C=O) groups is 2. The number of sulfone groups is 1. The summed E-state index contributed by atoms with van der Waals surface area (Å²) in [6.07, 6.45) is 4.60. The van der Waals surface area contributed by atoms with Crippen LogP contribution in [0.2, 0.25) is 0 Å². The molecule has 10 heteroatoms. The standard InChI is InChI=1S/C19H30N2O3S.2CH2O2/c1-3-10-21-13-14-24-19(16-21)8-11-20(12-9-19)15-17-4-6-18(7-5-17)25(2,22)23;2*2-1-3/h4-7H,3,8-16H2,1-2H3;2*1H,(H,2,3). The monoisotopic (exact) mass is 458 g/mol. The second-order valence-electron chi connectivity index (χ2n) is 7.71. The maximum Gasteiger partial charge on any atom is 0.290 e. The van der Waals surface area contributed by atoms with Gasteiger partial charge in [0, 0.05) is 39.0 Å². The summed E-state index contributed by atoms with van der Waals surface area (Å²) >= 11 is 0. The number of carboxylic acid groups (broad SMARTS) is 2. The normalized spacial score (nSPS) is 18.8. The van der Waals surface area contributed by atoms with Crippen LogP contribution in [-0.2, 0) is 30.7 Å². The third-order valence-electron chi connectivity index (χ3n) is 5.39. The third kappa shape index (κ3) is 9.34. The van der Waals surface area contributed by atoms with Gasteiger partial charge in [-0.2, -0.15) is 0 Å². The first-order chi connectivity index (χ1) is 14.7. The molecular weight excluding hydrogens is 424 g/mol. The molecule has 2 saturated heterocycles. The van der Waals surface area contributed by atoms with Crippen LogP contribution in [0.4, 0.5) is 0 Å². The number of hydrogen-bond donors (Lipinski definition) is 2. The van der Waals surface area contributed by atoms with Crippen molar-refractivity contribution in [3.8, 4) is 0 Å². The van der Waals surface area contributed by atoms with Crippen LogP contribution in [0.1, 0.15) is 31.7 Å². The zero-order valence-electron chi connectivity index (χ0n) is 18.3. The van der Waals surface area contributed by atoms with Crippen molar-refractivity contribution in [2.24, 2.45) is 0 Å². The Morgan fingerprint density at radius 1 is 1.03 bits per heavy atom. The number of morpholine rings is 1. The first-order valence-corrected chi connectivity index (χ1v) is 12.2. The Kier molecular flexibility index (Phi) is 11.7. The second-order valence-corrected chi connectivity index (χ2v) is 9.73. The molecule has 0 aromatic heterocycles. The Morgan fingerprint density at radius 3 is 2.06 bits per heavy atom. The SMILES string of the molecule is CCCN1CCOC2(CCN(Cc3ccc(S(C)(=O)=O)cc3)CC2)C1.O=CO.O=CO. The van der Waals surface area contributed by atoms with Gasteiger partial charge in [-0.05, 0) is 43.5 Å². The quantitative estimate of drug-likeness (QED) is 0.633. The maximum absolute atomic E-state index is 11.6. The summed E-state index contributed by atoms with van der Waals surface area (Å²) in [6, 6.07) is 7.29. The molecule has 0 unspecified atom stereocenters. The van der Waals surface area contributed by atoms with Crippen molar-refractivity contribution in [2.45, 2.75) is 43.2 Å². The van der Waals surface area contributed by atoms with E-state index < -0.39 is 9.84 Å². The van der Waals surface area contributed by atoms with Gasteiger partial charge < -0.3 is 14.9 Å². The Labute approximate surface area is 184 Å². The minimum absolute atomic E-state index is 0.0457. The zero-order valence-corrected chi connectivity index (χ0v) is 19.1. The van der Waals surface area contributed by atoms with Crippen molar-refractivity contribution in [3.63, 3.8) is 0 Å². The molecule has 2 heterocycles. The van der Waals surface area contributed by atoms with Crippen LogP contribution in [0, 0.1) is 0 Å². The van der Waals surface area contributed by atoms with Crippen LogP contribution in [-0.4, -0.2) is 92.6 Å². The van der Waals surface area contributed by atoms with Gasteiger partial charge in [-0.25, -0.2) is 8.42 Å². The van der Waals surface area contributed by atoms with Gasteiger partial charge in [0.15, 0.2) is 9.84 Å². The van der Waals surface area contributed by atoms with Crippen molar-refractivity contribution >= 4 is 22.8 Å². The number of likely N-dealkylation sites (tertiary alicyclic amines) is 1. The van der Waals surface area contributed by atoms with Gasteiger partial charge in [0.05, 0.1) is 17.1 Å². The van der Waals surface area contributed by atoms with Crippen molar-refractivity contribution < 1.29 is 33.0 Å². The van der Waals surface area contributed by atoms with E-state index in [2.05, 4.69) is 16.7 Å². The van der Waals surface area contributed by atoms with E-state index in [0.29, 0.717) is 4.90 Å². The molecule has 0 bridgehead atoms. The minimum Gasteiger partial charge on any atom is -0.483 e. The highest BCUT2D eigenvalue weighted by Crippen LogP contribution is 2.30. The summed E-state index contributed by atoms with van der Waals surface area (Å²) in [7, 11) is -3.12. The Bertz CT molecular complexity index is 752. The van der Waals surface area contributed by atoms with E-state index in [4.69, 9.17) is 24.5 Å². The van der Waals surface area contributed by atoms with Gasteiger partial charge in [0.1, 0.15) is 0 Å². The summed E-state index contributed by atoms with van der Waals surface area (Å²) in [5.41, 5.74) is 1.21. The molecule has 1 aromatic rings. The molecule has 1 aromatic carbocycles. The predicted molar refractivity (Wildman–Crippen MR) is 117 cm³/mol. The molecule has 2 aliphatic rings. The lowest BCUT2D eigenvalue weighted by atomic mass is 9.89. The van der Waals surface area contributed by atoms with Gasteiger partial charge in [-0.15, -0.1) is 0 Å².